The molecule has 0 saturated carbocycles. The number of nitrogens with one attached hydrogen (secondary N) is 1. The lowest BCUT2D eigenvalue weighted by Gasteiger charge is -2.24. The summed E-state index contributed by atoms with van der Waals surface area (Å²) in [5.74, 6) is -0.0360. The lowest BCUT2D eigenvalue weighted by atomic mass is 10.0. The molecule has 0 aliphatic rings. The van der Waals surface area contributed by atoms with E-state index in [0.29, 0.717) is 6.54 Å². The molecule has 2 heterocycles. The Hall–Kier alpha value is -2.25. The number of aryl methyl sites for hydroxylation is 2. The highest BCUT2D eigenvalue weighted by atomic mass is 32.1. The van der Waals surface area contributed by atoms with Gasteiger partial charge < -0.3 is 5.32 Å². The van der Waals surface area contributed by atoms with Crippen molar-refractivity contribution in [3.05, 3.63) is 52.3 Å². The Balaban J connectivity index is 1.72. The van der Waals surface area contributed by atoms with Gasteiger partial charge in [0.2, 0.25) is 10.9 Å². The summed E-state index contributed by atoms with van der Waals surface area (Å²) in [4.78, 5) is 19.9. The molecule has 1 aromatic carbocycles. The van der Waals surface area contributed by atoms with Crippen molar-refractivity contribution in [2.24, 2.45) is 0 Å². The van der Waals surface area contributed by atoms with Gasteiger partial charge in [-0.25, -0.2) is 9.50 Å². The van der Waals surface area contributed by atoms with E-state index >= 15 is 0 Å². The van der Waals surface area contributed by atoms with Gasteiger partial charge in [-0.15, -0.1) is 0 Å². The minimum Gasteiger partial charge on any atom is -0.349 e. The Morgan fingerprint density at radius 2 is 2.17 bits per heavy atom. The Morgan fingerprint density at radius 3 is 2.83 bits per heavy atom. The van der Waals surface area contributed by atoms with Crippen LogP contribution in [0.2, 0.25) is 0 Å². The number of fused-ring (bicyclic) bond motifs is 1. The molecule has 0 fully saturated rings. The Kier molecular flexibility index (Phi) is 4.64. The van der Waals surface area contributed by atoms with Gasteiger partial charge in [-0.3, -0.25) is 9.69 Å². The first kappa shape index (κ1) is 16.6. The highest BCUT2D eigenvalue weighted by Gasteiger charge is 2.23. The number of rotatable bonds is 5. The maximum atomic E-state index is 12.7. The second-order valence-electron chi connectivity index (χ2n) is 6.08. The molecule has 126 valence electrons. The van der Waals surface area contributed by atoms with Crippen LogP contribution in [0.25, 0.3) is 4.96 Å². The molecule has 3 rings (SSSR count). The normalized spacial score (nSPS) is 12.7. The topological polar surface area (TPSA) is 62.5 Å². The third-order valence-electron chi connectivity index (χ3n) is 3.76. The fourth-order valence-corrected chi connectivity index (χ4v) is 3.47. The number of nitrogens with zero attached hydrogens (tertiary/aromatic N) is 4. The zero-order valence-electron chi connectivity index (χ0n) is 14.3. The van der Waals surface area contributed by atoms with E-state index in [9.17, 15) is 4.79 Å². The molecule has 1 N–H and O–H groups in total. The molecular formula is C17H21N5OS. The second-order valence-corrected chi connectivity index (χ2v) is 7.24. The molecule has 0 radical (unpaired) electrons. The maximum absolute atomic E-state index is 12.7. The predicted molar refractivity (Wildman–Crippen MR) is 95.1 cm³/mol. The van der Waals surface area contributed by atoms with Gasteiger partial charge in [0.05, 0.1) is 18.4 Å². The Labute approximate surface area is 145 Å². The smallest absolute Gasteiger partial charge is 0.242 e. The molecule has 0 bridgehead atoms. The fourth-order valence-electron chi connectivity index (χ4n) is 2.73. The van der Waals surface area contributed by atoms with E-state index in [0.717, 1.165) is 26.8 Å². The van der Waals surface area contributed by atoms with Crippen LogP contribution in [-0.4, -0.2) is 39.5 Å². The Bertz CT molecular complexity index is 835. The van der Waals surface area contributed by atoms with Crippen molar-refractivity contribution >= 4 is 22.2 Å². The number of aromatic nitrogens is 3. The molecule has 6 nitrogen and oxygen atoms in total. The third kappa shape index (κ3) is 3.47. The molecule has 0 aliphatic carbocycles. The van der Waals surface area contributed by atoms with Crippen LogP contribution in [0.1, 0.15) is 27.9 Å². The van der Waals surface area contributed by atoms with E-state index in [1.54, 1.807) is 4.52 Å². The molecule has 0 spiro atoms. The van der Waals surface area contributed by atoms with Crippen LogP contribution < -0.4 is 5.32 Å². The highest BCUT2D eigenvalue weighted by Crippen LogP contribution is 2.20. The largest absolute Gasteiger partial charge is 0.349 e. The van der Waals surface area contributed by atoms with Crippen LogP contribution in [0.15, 0.2) is 30.5 Å². The number of carbonyl (C=O) groups excluding carboxylic acids is 1. The van der Waals surface area contributed by atoms with Gasteiger partial charge >= 0.3 is 0 Å². The fraction of sp³-hybridized carbons (Fsp3) is 0.353. The summed E-state index contributed by atoms with van der Waals surface area (Å²) in [6.45, 7) is 4.37. The number of imidazole rings is 1. The number of hydrogen-bond acceptors (Lipinski definition) is 5. The average molecular weight is 343 g/mol. The molecule has 7 heteroatoms. The predicted octanol–water partition coefficient (Wildman–Crippen LogP) is 2.33. The summed E-state index contributed by atoms with van der Waals surface area (Å²) in [6.07, 6.45) is 1.86. The van der Waals surface area contributed by atoms with Crippen LogP contribution >= 0.6 is 11.3 Å². The van der Waals surface area contributed by atoms with Crippen LogP contribution in [0.5, 0.6) is 0 Å². The molecule has 3 aromatic rings. The second kappa shape index (κ2) is 6.70. The van der Waals surface area contributed by atoms with Crippen molar-refractivity contribution < 1.29 is 4.79 Å². The van der Waals surface area contributed by atoms with E-state index in [1.807, 2.05) is 63.3 Å². The van der Waals surface area contributed by atoms with Crippen LogP contribution in [-0.2, 0) is 11.3 Å². The van der Waals surface area contributed by atoms with E-state index < -0.39 is 0 Å². The van der Waals surface area contributed by atoms with Gasteiger partial charge in [0, 0.05) is 0 Å². The molecule has 0 aliphatic heterocycles. The van der Waals surface area contributed by atoms with Gasteiger partial charge in [-0.05, 0) is 33.5 Å². The van der Waals surface area contributed by atoms with E-state index in [-0.39, 0.29) is 11.9 Å². The number of carbonyl (C=O) groups is 1. The number of benzene rings is 1. The van der Waals surface area contributed by atoms with E-state index in [2.05, 4.69) is 15.4 Å². The zero-order chi connectivity index (χ0) is 17.3. The third-order valence-corrected chi connectivity index (χ3v) is 4.60. The highest BCUT2D eigenvalue weighted by molar-refractivity contribution is 7.16. The summed E-state index contributed by atoms with van der Waals surface area (Å²) in [7, 11) is 3.82. The van der Waals surface area contributed by atoms with Crippen molar-refractivity contribution in [1.82, 2.24) is 24.8 Å². The minimum absolute atomic E-state index is 0.0360. The molecule has 1 atom stereocenters. The zero-order valence-corrected chi connectivity index (χ0v) is 15.1. The van der Waals surface area contributed by atoms with Crippen LogP contribution in [0, 0.1) is 13.8 Å². The monoisotopic (exact) mass is 343 g/mol. The van der Waals surface area contributed by atoms with Gasteiger partial charge in [0.25, 0.3) is 0 Å². The van der Waals surface area contributed by atoms with Gasteiger partial charge in [0.1, 0.15) is 11.0 Å². The summed E-state index contributed by atoms with van der Waals surface area (Å²) >= 11 is 1.54. The molecule has 1 amide bonds. The van der Waals surface area contributed by atoms with Crippen molar-refractivity contribution in [1.29, 1.82) is 0 Å². The summed E-state index contributed by atoms with van der Waals surface area (Å²) < 4.78 is 1.76. The van der Waals surface area contributed by atoms with E-state index in [1.165, 1.54) is 11.3 Å². The molecule has 2 aromatic heterocycles. The number of amides is 1. The van der Waals surface area contributed by atoms with Gasteiger partial charge in [-0.1, -0.05) is 41.2 Å². The van der Waals surface area contributed by atoms with Crippen molar-refractivity contribution in [2.75, 3.05) is 14.1 Å². The first-order valence-corrected chi connectivity index (χ1v) is 8.58. The summed E-state index contributed by atoms with van der Waals surface area (Å²) in [5, 5.41) is 8.29. The van der Waals surface area contributed by atoms with Crippen LogP contribution in [0.3, 0.4) is 0 Å². The first-order chi connectivity index (χ1) is 11.4. The summed E-state index contributed by atoms with van der Waals surface area (Å²) in [5.41, 5.74) is 2.94. The van der Waals surface area contributed by atoms with Crippen molar-refractivity contribution in [3.8, 4) is 0 Å². The SMILES string of the molecule is Cc1cccc([C@H](C(=O)NCc2cn3nc(C)sc3n2)N(C)C)c1. The number of hydrogen-bond donors (Lipinski definition) is 1. The van der Waals surface area contributed by atoms with Crippen molar-refractivity contribution in [3.63, 3.8) is 0 Å². The Morgan fingerprint density at radius 1 is 1.38 bits per heavy atom. The standard InChI is InChI=1S/C17H21N5OS/c1-11-6-5-7-13(8-11)15(21(3)4)16(23)18-9-14-10-22-17(19-14)24-12(2)20-22/h5-8,10,15H,9H2,1-4H3,(H,18,23)/t15-/m1/s1. The molecular weight excluding hydrogens is 322 g/mol. The molecule has 0 saturated heterocycles. The van der Waals surface area contributed by atoms with Gasteiger partial charge in [0.15, 0.2) is 0 Å². The quantitative estimate of drug-likeness (QED) is 0.772. The van der Waals surface area contributed by atoms with E-state index in [4.69, 9.17) is 0 Å². The maximum Gasteiger partial charge on any atom is 0.242 e. The molecule has 0 unspecified atom stereocenters. The van der Waals surface area contributed by atoms with Gasteiger partial charge in [-0.2, -0.15) is 5.10 Å². The van der Waals surface area contributed by atoms with Crippen LogP contribution in [0.4, 0.5) is 0 Å². The lowest BCUT2D eigenvalue weighted by Crippen LogP contribution is -2.36. The average Bonchev–Trinajstić information content (AvgIpc) is 3.01. The molecule has 24 heavy (non-hydrogen) atoms. The first-order valence-electron chi connectivity index (χ1n) is 7.76. The minimum atomic E-state index is -0.325. The summed E-state index contributed by atoms with van der Waals surface area (Å²) in [6, 6.07) is 7.71. The number of likely N-dealkylation sites (N-methyl/N-ethyl adjacent to an activating group) is 1. The lowest BCUT2D eigenvalue weighted by molar-refractivity contribution is -0.126. The van der Waals surface area contributed by atoms with Crippen molar-refractivity contribution in [2.45, 2.75) is 26.4 Å².